The van der Waals surface area contributed by atoms with E-state index < -0.39 is 5.97 Å². The van der Waals surface area contributed by atoms with Crippen LogP contribution >= 0.6 is 0 Å². The second-order valence-electron chi connectivity index (χ2n) is 15.5. The van der Waals surface area contributed by atoms with Gasteiger partial charge in [0.25, 0.3) is 0 Å². The zero-order valence-electron chi connectivity index (χ0n) is 33.8. The van der Waals surface area contributed by atoms with Gasteiger partial charge in [0.2, 0.25) is 0 Å². The van der Waals surface area contributed by atoms with Gasteiger partial charge < -0.3 is 29.6 Å². The van der Waals surface area contributed by atoms with Crippen LogP contribution in [0.1, 0.15) is 57.5 Å². The summed E-state index contributed by atoms with van der Waals surface area (Å²) in [7, 11) is 1.41. The number of hydrogen-bond donors (Lipinski definition) is 3. The van der Waals surface area contributed by atoms with Gasteiger partial charge in [-0.3, -0.25) is 9.80 Å². The fourth-order valence-corrected chi connectivity index (χ4v) is 8.21. The second kappa shape index (κ2) is 19.8. The van der Waals surface area contributed by atoms with E-state index in [2.05, 4.69) is 29.6 Å². The monoisotopic (exact) mass is 804 g/mol. The molecule has 2 fully saturated rings. The fourth-order valence-electron chi connectivity index (χ4n) is 8.21. The molecule has 10 nitrogen and oxygen atoms in total. The number of unbranched alkanes of at least 4 members (excludes halogenated alkanes) is 2. The Balaban J connectivity index is 0.000000179. The predicted octanol–water partition coefficient (Wildman–Crippen LogP) is 8.39. The highest BCUT2D eigenvalue weighted by Gasteiger charge is 2.19. The van der Waals surface area contributed by atoms with Crippen molar-refractivity contribution in [3.8, 4) is 0 Å². The van der Waals surface area contributed by atoms with E-state index in [-0.39, 0.29) is 17.6 Å². The number of esters is 1. The summed E-state index contributed by atoms with van der Waals surface area (Å²) in [6.07, 6.45) is 10.4. The molecule has 2 aliphatic rings. The highest BCUT2D eigenvalue weighted by atomic mass is 19.1. The average Bonchev–Trinajstić information content (AvgIpc) is 3.88. The molecule has 6 aromatic rings. The molecule has 0 bridgehead atoms. The molecule has 0 spiro atoms. The number of carboxylic acid groups (broad SMARTS) is 1. The van der Waals surface area contributed by atoms with Crippen molar-refractivity contribution in [2.24, 2.45) is 0 Å². The molecular weight excluding hydrogens is 751 g/mol. The number of anilines is 2. The van der Waals surface area contributed by atoms with E-state index in [9.17, 15) is 23.5 Å². The molecule has 310 valence electrons. The van der Waals surface area contributed by atoms with E-state index in [0.717, 1.165) is 137 Å². The average molecular weight is 805 g/mol. The summed E-state index contributed by atoms with van der Waals surface area (Å²) in [5.41, 5.74) is 7.58. The summed E-state index contributed by atoms with van der Waals surface area (Å²) < 4.78 is 31.0. The molecule has 0 saturated carbocycles. The summed E-state index contributed by atoms with van der Waals surface area (Å²) in [5.74, 6) is -1.57. The molecule has 0 amide bonds. The number of aromatic amines is 2. The zero-order valence-corrected chi connectivity index (χ0v) is 33.8. The van der Waals surface area contributed by atoms with Gasteiger partial charge in [-0.25, -0.2) is 18.4 Å². The number of rotatable bonds is 14. The first kappa shape index (κ1) is 41.4. The summed E-state index contributed by atoms with van der Waals surface area (Å²) in [6.45, 7) is 10.2. The molecule has 12 heteroatoms. The number of piperazine rings is 2. The van der Waals surface area contributed by atoms with Crippen LogP contribution in [0.3, 0.4) is 0 Å². The number of halogens is 2. The molecule has 4 heterocycles. The molecule has 2 aliphatic heterocycles. The van der Waals surface area contributed by atoms with Crippen molar-refractivity contribution < 1.29 is 28.2 Å². The third kappa shape index (κ3) is 10.9. The van der Waals surface area contributed by atoms with Crippen molar-refractivity contribution in [3.63, 3.8) is 0 Å². The van der Waals surface area contributed by atoms with Gasteiger partial charge in [0.05, 0.1) is 18.2 Å². The Bertz CT molecular complexity index is 2290. The van der Waals surface area contributed by atoms with E-state index in [4.69, 9.17) is 4.74 Å². The first-order valence-corrected chi connectivity index (χ1v) is 20.7. The number of fused-ring (bicyclic) bond motifs is 2. The third-order valence-corrected chi connectivity index (χ3v) is 11.7. The van der Waals surface area contributed by atoms with Crippen molar-refractivity contribution in [1.29, 1.82) is 0 Å². The molecule has 8 rings (SSSR count). The Morgan fingerprint density at radius 2 is 1.02 bits per heavy atom. The quantitative estimate of drug-likeness (QED) is 0.0745. The molecule has 59 heavy (non-hydrogen) atoms. The predicted molar refractivity (Wildman–Crippen MR) is 231 cm³/mol. The number of methoxy groups -OCH3 is 1. The van der Waals surface area contributed by atoms with Gasteiger partial charge in [-0.05, 0) is 148 Å². The number of carbonyl (C=O) groups is 2. The third-order valence-electron chi connectivity index (χ3n) is 11.7. The lowest BCUT2D eigenvalue weighted by Crippen LogP contribution is -2.46. The van der Waals surface area contributed by atoms with Gasteiger partial charge in [0, 0.05) is 97.9 Å². The number of aromatic nitrogens is 2. The van der Waals surface area contributed by atoms with Crippen molar-refractivity contribution >= 4 is 45.1 Å². The smallest absolute Gasteiger partial charge is 0.337 e. The molecule has 0 atom stereocenters. The van der Waals surface area contributed by atoms with Gasteiger partial charge in [0.1, 0.15) is 11.6 Å². The van der Waals surface area contributed by atoms with Crippen LogP contribution in [0.2, 0.25) is 0 Å². The number of carboxylic acids is 1. The van der Waals surface area contributed by atoms with Gasteiger partial charge in [0.15, 0.2) is 0 Å². The minimum absolute atomic E-state index is 0.186. The molecule has 0 radical (unpaired) electrons. The Morgan fingerprint density at radius 1 is 0.593 bits per heavy atom. The minimum atomic E-state index is -0.890. The van der Waals surface area contributed by atoms with Crippen LogP contribution in [-0.4, -0.2) is 109 Å². The number of ether oxygens (including phenoxy) is 1. The van der Waals surface area contributed by atoms with E-state index >= 15 is 0 Å². The highest BCUT2D eigenvalue weighted by Crippen LogP contribution is 2.24. The van der Waals surface area contributed by atoms with Crippen molar-refractivity contribution in [2.75, 3.05) is 82.4 Å². The lowest BCUT2D eigenvalue weighted by molar-refractivity contribution is 0.0600. The first-order chi connectivity index (χ1) is 28.7. The van der Waals surface area contributed by atoms with Crippen molar-refractivity contribution in [3.05, 3.63) is 131 Å². The number of nitrogens with one attached hydrogen (secondary N) is 2. The van der Waals surface area contributed by atoms with Crippen LogP contribution in [0.15, 0.2) is 97.3 Å². The maximum atomic E-state index is 13.1. The minimum Gasteiger partial charge on any atom is -0.478 e. The molecule has 2 aromatic heterocycles. The topological polar surface area (TPSA) is 108 Å². The van der Waals surface area contributed by atoms with Gasteiger partial charge in [-0.1, -0.05) is 0 Å². The number of aryl methyl sites for hydroxylation is 2. The van der Waals surface area contributed by atoms with Gasteiger partial charge in [-0.2, -0.15) is 0 Å². The van der Waals surface area contributed by atoms with Crippen LogP contribution in [0.4, 0.5) is 20.2 Å². The van der Waals surface area contributed by atoms with E-state index in [1.54, 1.807) is 18.2 Å². The summed E-state index contributed by atoms with van der Waals surface area (Å²) in [5, 5.41) is 11.3. The van der Waals surface area contributed by atoms with Gasteiger partial charge >= 0.3 is 11.9 Å². The number of H-pyrrole nitrogens is 2. The van der Waals surface area contributed by atoms with Crippen LogP contribution in [0.5, 0.6) is 0 Å². The Hall–Kier alpha value is -5.72. The Labute approximate surface area is 344 Å². The second-order valence-corrected chi connectivity index (χ2v) is 15.5. The number of hydrogen-bond acceptors (Lipinski definition) is 7. The molecule has 4 aromatic carbocycles. The Kier molecular flexibility index (Phi) is 13.9. The maximum Gasteiger partial charge on any atom is 0.337 e. The highest BCUT2D eigenvalue weighted by molar-refractivity contribution is 5.96. The molecular formula is C47H54F2N6O4. The summed E-state index contributed by atoms with van der Waals surface area (Å²) >= 11 is 0. The van der Waals surface area contributed by atoms with Crippen LogP contribution < -0.4 is 9.80 Å². The van der Waals surface area contributed by atoms with E-state index in [1.807, 2.05) is 54.9 Å². The number of nitrogens with zero attached hydrogens (tertiary/aromatic N) is 4. The summed E-state index contributed by atoms with van der Waals surface area (Å²) in [6, 6.07) is 24.4. The lowest BCUT2D eigenvalue weighted by atomic mass is 10.0. The largest absolute Gasteiger partial charge is 0.478 e. The van der Waals surface area contributed by atoms with Crippen LogP contribution in [-0.2, 0) is 17.6 Å². The van der Waals surface area contributed by atoms with Gasteiger partial charge in [-0.15, -0.1) is 0 Å². The van der Waals surface area contributed by atoms with E-state index in [0.29, 0.717) is 11.1 Å². The molecule has 2 saturated heterocycles. The zero-order chi connectivity index (χ0) is 41.1. The fraction of sp³-hybridized carbons (Fsp3) is 0.362. The molecule has 0 aliphatic carbocycles. The molecule has 3 N–H and O–H groups in total. The molecule has 0 unspecified atom stereocenters. The number of benzene rings is 4. The number of carbonyl (C=O) groups excluding carboxylic acids is 1. The lowest BCUT2D eigenvalue weighted by Gasteiger charge is -2.36. The first-order valence-electron chi connectivity index (χ1n) is 20.7. The van der Waals surface area contributed by atoms with E-state index in [1.165, 1.54) is 42.5 Å². The van der Waals surface area contributed by atoms with Crippen LogP contribution in [0.25, 0.3) is 21.8 Å². The standard InChI is InChI=1S/C24H28FN3O2.C23H26FN3O2/c1-30-24(29)18-5-10-23-22(16-18)19(17-26-23)4-2-3-11-27-12-14-28(15-13-27)21-8-6-20(25)7-9-21;24-19-5-7-20(8-6-19)27-13-11-26(12-14-27)10-2-1-3-18-16-25-22-9-4-17(23(28)29)15-21(18)22/h5-10,16-17,26H,2-4,11-15H2,1H3;4-9,15-16,25H,1-3,10-14H2,(H,28,29). The van der Waals surface area contributed by atoms with Crippen molar-refractivity contribution in [1.82, 2.24) is 19.8 Å². The van der Waals surface area contributed by atoms with Crippen LogP contribution in [0, 0.1) is 11.6 Å². The normalized spacial score (nSPS) is 15.0. The SMILES string of the molecule is COC(=O)c1ccc2[nH]cc(CCCCN3CCN(c4ccc(F)cc4)CC3)c2c1.O=C(O)c1ccc2[nH]cc(CCCCN3CCN(c4ccc(F)cc4)CC3)c2c1. The van der Waals surface area contributed by atoms with Crippen molar-refractivity contribution in [2.45, 2.75) is 38.5 Å². The Morgan fingerprint density at radius 3 is 1.44 bits per heavy atom. The maximum absolute atomic E-state index is 13.1. The summed E-state index contributed by atoms with van der Waals surface area (Å²) in [4.78, 5) is 39.1. The number of aromatic carboxylic acids is 1.